The second-order valence-electron chi connectivity index (χ2n) is 6.07. The molecule has 4 aromatic rings. The average Bonchev–Trinajstić information content (AvgIpc) is 2.76. The second-order valence-corrected chi connectivity index (χ2v) is 6.07. The summed E-state index contributed by atoms with van der Waals surface area (Å²) in [6, 6.07) is 32.2. The molecule has 0 radical (unpaired) electrons. The zero-order valence-corrected chi connectivity index (χ0v) is 18.9. The first-order valence-electron chi connectivity index (χ1n) is 9.07. The van der Waals surface area contributed by atoms with Crippen molar-refractivity contribution in [3.05, 3.63) is 109 Å². The van der Waals surface area contributed by atoms with Gasteiger partial charge >= 0.3 is 20.1 Å². The summed E-state index contributed by atoms with van der Waals surface area (Å²) in [5.74, 6) is 0.167. The molecular formula is C25H24IrN2O+3. The van der Waals surface area contributed by atoms with Gasteiger partial charge < -0.3 is 4.79 Å². The molecule has 3 nitrogen and oxygen atoms in total. The Morgan fingerprint density at radius 3 is 1.14 bits per heavy atom. The number of hydrogen-bond donors (Lipinski definition) is 0. The van der Waals surface area contributed by atoms with E-state index in [2.05, 4.69) is 34.2 Å². The molecule has 2 heterocycles. The number of nitrogens with zero attached hydrogens (tertiary/aromatic N) is 2. The van der Waals surface area contributed by atoms with Crippen molar-refractivity contribution in [3.63, 3.8) is 0 Å². The molecule has 146 valence electrons. The fraction of sp³-hybridized carbons (Fsp3) is 0.0800. The monoisotopic (exact) mass is 561 g/mol. The fourth-order valence-corrected chi connectivity index (χ4v) is 2.28. The van der Waals surface area contributed by atoms with Crippen molar-refractivity contribution in [2.24, 2.45) is 0 Å². The largest absolute Gasteiger partial charge is 3.00 e. The number of carbonyl (C=O) groups is 1. The van der Waals surface area contributed by atoms with Gasteiger partial charge in [0.1, 0.15) is 5.78 Å². The van der Waals surface area contributed by atoms with Crippen molar-refractivity contribution in [2.45, 2.75) is 13.8 Å². The molecule has 0 fully saturated rings. The van der Waals surface area contributed by atoms with Crippen molar-refractivity contribution < 1.29 is 24.9 Å². The van der Waals surface area contributed by atoms with Gasteiger partial charge in [0, 0.05) is 23.5 Å². The quantitative estimate of drug-likeness (QED) is 0.298. The first kappa shape index (κ1) is 24.1. The number of rotatable bonds is 2. The SMILES string of the molecule is CC(C)=O.[Ir+3].c1ccc(-c2ccccn2)cc1.c1ccc(-c2ccccn2)cc1. The van der Waals surface area contributed by atoms with Crippen LogP contribution >= 0.6 is 0 Å². The topological polar surface area (TPSA) is 42.9 Å². The molecule has 0 aliphatic carbocycles. The number of benzene rings is 2. The molecule has 0 aliphatic heterocycles. The first-order chi connectivity index (χ1) is 13.7. The summed E-state index contributed by atoms with van der Waals surface area (Å²) >= 11 is 0. The normalized spacial score (nSPS) is 8.90. The van der Waals surface area contributed by atoms with Crippen LogP contribution in [0, 0.1) is 0 Å². The van der Waals surface area contributed by atoms with E-state index in [1.807, 2.05) is 85.2 Å². The van der Waals surface area contributed by atoms with Gasteiger partial charge in [0.25, 0.3) is 0 Å². The van der Waals surface area contributed by atoms with Crippen LogP contribution in [0.1, 0.15) is 13.8 Å². The molecule has 0 saturated heterocycles. The van der Waals surface area contributed by atoms with Gasteiger partial charge in [-0.15, -0.1) is 0 Å². The van der Waals surface area contributed by atoms with Gasteiger partial charge in [-0.05, 0) is 38.1 Å². The van der Waals surface area contributed by atoms with Gasteiger partial charge in [0.15, 0.2) is 0 Å². The van der Waals surface area contributed by atoms with E-state index in [1.165, 1.54) is 13.8 Å². The number of pyridine rings is 2. The molecule has 2 aromatic heterocycles. The predicted molar refractivity (Wildman–Crippen MR) is 116 cm³/mol. The maximum Gasteiger partial charge on any atom is 3.00 e. The van der Waals surface area contributed by atoms with Crippen molar-refractivity contribution in [1.82, 2.24) is 9.97 Å². The Kier molecular flexibility index (Phi) is 11.7. The first-order valence-corrected chi connectivity index (χ1v) is 9.07. The van der Waals surface area contributed by atoms with Gasteiger partial charge in [-0.2, -0.15) is 0 Å². The molecule has 0 saturated carbocycles. The minimum absolute atomic E-state index is 0. The molecule has 0 atom stereocenters. The van der Waals surface area contributed by atoms with E-state index in [1.54, 1.807) is 0 Å². The third-order valence-corrected chi connectivity index (χ3v) is 3.47. The zero-order chi connectivity index (χ0) is 20.0. The maximum atomic E-state index is 9.44. The predicted octanol–water partition coefficient (Wildman–Crippen LogP) is 6.09. The van der Waals surface area contributed by atoms with Crippen LogP contribution in [0.4, 0.5) is 0 Å². The number of Topliss-reactive ketones (excluding diaryl/α,β-unsaturated/α-hetero) is 1. The minimum Gasteiger partial charge on any atom is -0.300 e. The Morgan fingerprint density at radius 1 is 0.552 bits per heavy atom. The van der Waals surface area contributed by atoms with Crippen LogP contribution in [0.15, 0.2) is 109 Å². The third kappa shape index (κ3) is 9.70. The number of hydrogen-bond acceptors (Lipinski definition) is 3. The Morgan fingerprint density at radius 2 is 0.862 bits per heavy atom. The Bertz CT molecular complexity index is 777. The van der Waals surface area contributed by atoms with Crippen molar-refractivity contribution in [1.29, 1.82) is 0 Å². The van der Waals surface area contributed by atoms with Crippen molar-refractivity contribution in [2.75, 3.05) is 0 Å². The average molecular weight is 561 g/mol. The molecule has 0 amide bonds. The van der Waals surface area contributed by atoms with E-state index < -0.39 is 0 Å². The van der Waals surface area contributed by atoms with E-state index in [0.29, 0.717) is 0 Å². The van der Waals surface area contributed by atoms with Crippen LogP contribution in [0.3, 0.4) is 0 Å². The molecule has 0 bridgehead atoms. The Balaban J connectivity index is 0.000000239. The summed E-state index contributed by atoms with van der Waals surface area (Å²) < 4.78 is 0. The molecule has 0 spiro atoms. The molecule has 4 rings (SSSR count). The third-order valence-electron chi connectivity index (χ3n) is 3.47. The van der Waals surface area contributed by atoms with Crippen LogP contribution in [0.2, 0.25) is 0 Å². The van der Waals surface area contributed by atoms with Crippen LogP contribution < -0.4 is 0 Å². The smallest absolute Gasteiger partial charge is 0.300 e. The maximum absolute atomic E-state index is 9.44. The molecule has 0 aliphatic rings. The van der Waals surface area contributed by atoms with E-state index in [0.717, 1.165) is 22.5 Å². The van der Waals surface area contributed by atoms with Crippen molar-refractivity contribution >= 4 is 5.78 Å². The molecular weight excluding hydrogens is 537 g/mol. The molecule has 29 heavy (non-hydrogen) atoms. The van der Waals surface area contributed by atoms with Gasteiger partial charge in [0.2, 0.25) is 0 Å². The molecule has 4 heteroatoms. The van der Waals surface area contributed by atoms with E-state index in [-0.39, 0.29) is 25.9 Å². The fourth-order valence-electron chi connectivity index (χ4n) is 2.28. The summed E-state index contributed by atoms with van der Waals surface area (Å²) in [5, 5.41) is 0. The number of carbonyl (C=O) groups excluding carboxylic acids is 1. The number of ketones is 1. The Hall–Kier alpha value is -2.94. The summed E-state index contributed by atoms with van der Waals surface area (Å²) in [7, 11) is 0. The van der Waals surface area contributed by atoms with Crippen LogP contribution in [0.25, 0.3) is 22.5 Å². The van der Waals surface area contributed by atoms with E-state index >= 15 is 0 Å². The molecule has 2 aromatic carbocycles. The summed E-state index contributed by atoms with van der Waals surface area (Å²) in [4.78, 5) is 17.9. The molecule has 0 unspecified atom stereocenters. The zero-order valence-electron chi connectivity index (χ0n) is 16.5. The molecule has 0 N–H and O–H groups in total. The summed E-state index contributed by atoms with van der Waals surface area (Å²) in [6.45, 7) is 3.06. The van der Waals surface area contributed by atoms with E-state index in [4.69, 9.17) is 0 Å². The summed E-state index contributed by atoms with van der Waals surface area (Å²) in [5.41, 5.74) is 4.38. The van der Waals surface area contributed by atoms with E-state index in [9.17, 15) is 4.79 Å². The van der Waals surface area contributed by atoms with Crippen LogP contribution in [0.5, 0.6) is 0 Å². The van der Waals surface area contributed by atoms with Gasteiger partial charge in [-0.3, -0.25) is 9.97 Å². The van der Waals surface area contributed by atoms with Crippen LogP contribution in [-0.2, 0) is 24.9 Å². The Labute approximate surface area is 186 Å². The van der Waals surface area contributed by atoms with Gasteiger partial charge in [-0.1, -0.05) is 72.8 Å². The van der Waals surface area contributed by atoms with Gasteiger partial charge in [0.05, 0.1) is 11.4 Å². The second kappa shape index (κ2) is 14.1. The summed E-state index contributed by atoms with van der Waals surface area (Å²) in [6.07, 6.45) is 3.62. The standard InChI is InChI=1S/2C11H9N.C3H6O.Ir/c2*1-2-6-10(7-3-1)11-8-4-5-9-12-11;1-3(2)4;/h2*1-9H;1-2H3;/q;;;+3. The minimum atomic E-state index is 0. The van der Waals surface area contributed by atoms with Crippen molar-refractivity contribution in [3.8, 4) is 22.5 Å². The number of aromatic nitrogens is 2. The van der Waals surface area contributed by atoms with Crippen LogP contribution in [-0.4, -0.2) is 15.8 Å². The van der Waals surface area contributed by atoms with Gasteiger partial charge in [-0.25, -0.2) is 0 Å².